The van der Waals surface area contributed by atoms with Gasteiger partial charge < -0.3 is 0 Å². The molecule has 2 rings (SSSR count). The van der Waals surface area contributed by atoms with Crippen molar-refractivity contribution in [2.75, 3.05) is 0 Å². The zero-order chi connectivity index (χ0) is 8.39. The zero-order valence-electron chi connectivity index (χ0n) is 6.81. The van der Waals surface area contributed by atoms with Gasteiger partial charge in [-0.1, -0.05) is 22.8 Å². The van der Waals surface area contributed by atoms with Gasteiger partial charge in [-0.15, -0.1) is 5.10 Å². The Balaban J connectivity index is 2.43. The first-order valence-electron chi connectivity index (χ1n) is 3.79. The second-order valence-corrected chi connectivity index (χ2v) is 2.68. The van der Waals surface area contributed by atoms with Crippen LogP contribution in [-0.2, 0) is 0 Å². The summed E-state index contributed by atoms with van der Waals surface area (Å²) in [7, 11) is 2.06. The van der Waals surface area contributed by atoms with Gasteiger partial charge in [0.15, 0.2) is 0 Å². The Kier molecular flexibility index (Phi) is 1.66. The van der Waals surface area contributed by atoms with Crippen molar-refractivity contribution in [3.8, 4) is 5.69 Å². The second kappa shape index (κ2) is 2.81. The molecule has 12 heavy (non-hydrogen) atoms. The van der Waals surface area contributed by atoms with E-state index in [0.717, 1.165) is 5.69 Å². The van der Waals surface area contributed by atoms with Gasteiger partial charge in [0.1, 0.15) is 7.85 Å². The molecule has 0 spiro atoms. The lowest BCUT2D eigenvalue weighted by molar-refractivity contribution is 0.803. The van der Waals surface area contributed by atoms with E-state index in [-0.39, 0.29) is 0 Å². The van der Waals surface area contributed by atoms with Crippen LogP contribution in [-0.4, -0.2) is 22.8 Å². The van der Waals surface area contributed by atoms with E-state index in [9.17, 15) is 0 Å². The van der Waals surface area contributed by atoms with Crippen LogP contribution in [0.3, 0.4) is 0 Å². The van der Waals surface area contributed by atoms with Crippen molar-refractivity contribution in [2.45, 2.75) is 0 Å². The molecule has 0 bridgehead atoms. The summed E-state index contributed by atoms with van der Waals surface area (Å²) in [6.07, 6.45) is 3.49. The summed E-state index contributed by atoms with van der Waals surface area (Å²) in [4.78, 5) is 0. The normalized spacial score (nSPS) is 10.0. The van der Waals surface area contributed by atoms with Gasteiger partial charge in [0.2, 0.25) is 0 Å². The average Bonchev–Trinajstić information content (AvgIpc) is 2.58. The summed E-state index contributed by atoms with van der Waals surface area (Å²) in [5.41, 5.74) is 2.29. The molecule has 0 amide bonds. The largest absolute Gasteiger partial charge is 0.221 e. The van der Waals surface area contributed by atoms with Crippen LogP contribution in [0.1, 0.15) is 0 Å². The molecular formula is C8H8BN3. The van der Waals surface area contributed by atoms with Crippen molar-refractivity contribution in [1.29, 1.82) is 0 Å². The fourth-order valence-electron chi connectivity index (χ4n) is 1.04. The third-order valence-electron chi connectivity index (χ3n) is 1.72. The number of hydrogen-bond donors (Lipinski definition) is 0. The minimum absolute atomic E-state index is 1.04. The molecule has 1 heterocycles. The number of aromatic nitrogens is 3. The summed E-state index contributed by atoms with van der Waals surface area (Å²) in [6, 6.07) is 8.14. The monoisotopic (exact) mass is 157 g/mol. The van der Waals surface area contributed by atoms with Gasteiger partial charge in [-0.25, -0.2) is 4.68 Å². The summed E-state index contributed by atoms with van der Waals surface area (Å²) in [6.45, 7) is 0. The quantitative estimate of drug-likeness (QED) is 0.523. The molecule has 58 valence electrons. The predicted molar refractivity (Wildman–Crippen MR) is 49.5 cm³/mol. The molecule has 0 aliphatic heterocycles. The maximum Gasteiger partial charge on any atom is 0.139 e. The molecule has 0 N–H and O–H groups in total. The van der Waals surface area contributed by atoms with E-state index in [1.807, 2.05) is 18.3 Å². The van der Waals surface area contributed by atoms with E-state index in [1.165, 1.54) is 5.46 Å². The molecule has 1 aromatic carbocycles. The molecule has 0 atom stereocenters. The number of benzene rings is 1. The molecule has 0 fully saturated rings. The molecule has 0 radical (unpaired) electrons. The van der Waals surface area contributed by atoms with Crippen molar-refractivity contribution in [1.82, 2.24) is 15.0 Å². The van der Waals surface area contributed by atoms with Crippen LogP contribution in [0.15, 0.2) is 36.7 Å². The van der Waals surface area contributed by atoms with Gasteiger partial charge in [-0.3, -0.25) is 0 Å². The lowest BCUT2D eigenvalue weighted by Crippen LogP contribution is -2.02. The van der Waals surface area contributed by atoms with Crippen molar-refractivity contribution < 1.29 is 0 Å². The topological polar surface area (TPSA) is 30.7 Å². The first-order valence-corrected chi connectivity index (χ1v) is 3.79. The Morgan fingerprint density at radius 2 is 1.92 bits per heavy atom. The number of nitrogens with zero attached hydrogens (tertiary/aromatic N) is 3. The van der Waals surface area contributed by atoms with Crippen LogP contribution in [0.4, 0.5) is 0 Å². The molecule has 0 saturated carbocycles. The van der Waals surface area contributed by atoms with E-state index < -0.39 is 0 Å². The highest BCUT2D eigenvalue weighted by atomic mass is 15.4. The molecule has 0 saturated heterocycles. The summed E-state index contributed by atoms with van der Waals surface area (Å²) in [5, 5.41) is 7.62. The van der Waals surface area contributed by atoms with Gasteiger partial charge in [0.25, 0.3) is 0 Å². The third kappa shape index (κ3) is 1.23. The van der Waals surface area contributed by atoms with Gasteiger partial charge >= 0.3 is 0 Å². The Morgan fingerprint density at radius 3 is 2.50 bits per heavy atom. The van der Waals surface area contributed by atoms with Crippen LogP contribution in [0.2, 0.25) is 0 Å². The van der Waals surface area contributed by atoms with Crippen LogP contribution >= 0.6 is 0 Å². The minimum atomic E-state index is 1.04. The molecule has 0 aliphatic carbocycles. The van der Waals surface area contributed by atoms with Crippen molar-refractivity contribution >= 4 is 13.3 Å². The Labute approximate surface area is 71.4 Å². The van der Waals surface area contributed by atoms with Gasteiger partial charge in [-0.05, 0) is 12.1 Å². The van der Waals surface area contributed by atoms with Crippen molar-refractivity contribution in [2.24, 2.45) is 0 Å². The first-order chi connectivity index (χ1) is 5.86. The fourth-order valence-corrected chi connectivity index (χ4v) is 1.04. The molecule has 3 nitrogen and oxygen atoms in total. The standard InChI is InChI=1S/C8H8BN3/c9-7-1-3-8(4-2-7)12-6-5-10-11-12/h1-6H,9H2. The van der Waals surface area contributed by atoms with E-state index in [4.69, 9.17) is 0 Å². The van der Waals surface area contributed by atoms with Gasteiger partial charge in [0, 0.05) is 0 Å². The van der Waals surface area contributed by atoms with E-state index in [1.54, 1.807) is 10.9 Å². The SMILES string of the molecule is Bc1ccc(-n2ccnn2)cc1. The maximum atomic E-state index is 3.88. The molecular weight excluding hydrogens is 149 g/mol. The van der Waals surface area contributed by atoms with Crippen LogP contribution in [0.25, 0.3) is 5.69 Å². The smallest absolute Gasteiger partial charge is 0.139 e. The van der Waals surface area contributed by atoms with Crippen molar-refractivity contribution in [3.05, 3.63) is 36.7 Å². The third-order valence-corrected chi connectivity index (χ3v) is 1.72. The Morgan fingerprint density at radius 1 is 1.17 bits per heavy atom. The average molecular weight is 157 g/mol. The fraction of sp³-hybridized carbons (Fsp3) is 0. The van der Waals surface area contributed by atoms with E-state index in [2.05, 4.69) is 30.3 Å². The van der Waals surface area contributed by atoms with Gasteiger partial charge in [0.05, 0.1) is 18.1 Å². The summed E-state index contributed by atoms with van der Waals surface area (Å²) < 4.78 is 1.74. The van der Waals surface area contributed by atoms with Crippen LogP contribution < -0.4 is 5.46 Å². The first kappa shape index (κ1) is 7.09. The second-order valence-electron chi connectivity index (χ2n) is 2.68. The van der Waals surface area contributed by atoms with Crippen molar-refractivity contribution in [3.63, 3.8) is 0 Å². The maximum absolute atomic E-state index is 3.88. The molecule has 1 aromatic heterocycles. The molecule has 2 aromatic rings. The highest BCUT2D eigenvalue weighted by molar-refractivity contribution is 6.32. The lowest BCUT2D eigenvalue weighted by atomic mass is 9.96. The summed E-state index contributed by atoms with van der Waals surface area (Å²) in [5.74, 6) is 0. The number of rotatable bonds is 1. The molecule has 4 heteroatoms. The molecule has 0 aliphatic rings. The van der Waals surface area contributed by atoms with Gasteiger partial charge in [-0.2, -0.15) is 0 Å². The minimum Gasteiger partial charge on any atom is -0.221 e. The van der Waals surface area contributed by atoms with E-state index >= 15 is 0 Å². The van der Waals surface area contributed by atoms with Crippen LogP contribution in [0, 0.1) is 0 Å². The Hall–Kier alpha value is -1.58. The molecule has 0 unspecified atom stereocenters. The number of hydrogen-bond acceptors (Lipinski definition) is 2. The van der Waals surface area contributed by atoms with E-state index in [0.29, 0.717) is 0 Å². The highest BCUT2D eigenvalue weighted by Crippen LogP contribution is 2.01. The van der Waals surface area contributed by atoms with Crippen LogP contribution in [0.5, 0.6) is 0 Å². The Bertz CT molecular complexity index is 352. The zero-order valence-corrected chi connectivity index (χ0v) is 6.81. The predicted octanol–water partition coefficient (Wildman–Crippen LogP) is -0.474. The lowest BCUT2D eigenvalue weighted by Gasteiger charge is -1.98. The summed E-state index contributed by atoms with van der Waals surface area (Å²) >= 11 is 0. The highest BCUT2D eigenvalue weighted by Gasteiger charge is 1.93.